The smallest absolute Gasteiger partial charge is 0.405 e. The quantitative estimate of drug-likeness (QED) is 0.0925. The summed E-state index contributed by atoms with van der Waals surface area (Å²) in [7, 11) is -1.86. The molecule has 44 heavy (non-hydrogen) atoms. The van der Waals surface area contributed by atoms with Crippen LogP contribution in [0.1, 0.15) is 53.0 Å². The molecule has 240 valence electrons. The monoisotopic (exact) mass is 633 g/mol. The van der Waals surface area contributed by atoms with Gasteiger partial charge in [-0.25, -0.2) is 9.78 Å². The SMILES string of the molecule is CC(C)Oc1cc(NC(=O)NCC(F)(F)F)cc(-c2cnc3cc(/C(=N/OCCO[Si](C)(C)C(C)(C)C)C4CC4)ccn23)c1. The van der Waals surface area contributed by atoms with Crippen molar-refractivity contribution in [3.8, 4) is 17.0 Å². The molecule has 13 heteroatoms. The van der Waals surface area contributed by atoms with Crippen molar-refractivity contribution in [3.63, 3.8) is 0 Å². The van der Waals surface area contributed by atoms with E-state index in [0.29, 0.717) is 41.8 Å². The lowest BCUT2D eigenvalue weighted by atomic mass is 10.1. The van der Waals surface area contributed by atoms with Crippen LogP contribution >= 0.6 is 0 Å². The molecule has 0 atom stereocenters. The summed E-state index contributed by atoms with van der Waals surface area (Å²) in [5.74, 6) is 0.781. The summed E-state index contributed by atoms with van der Waals surface area (Å²) in [5.41, 5.74) is 4.14. The Morgan fingerprint density at radius 1 is 1.14 bits per heavy atom. The molecule has 1 aliphatic carbocycles. The zero-order valence-corrected chi connectivity index (χ0v) is 27.3. The van der Waals surface area contributed by atoms with Crippen molar-refractivity contribution in [3.05, 3.63) is 48.3 Å². The van der Waals surface area contributed by atoms with Crippen molar-refractivity contribution in [2.45, 2.75) is 77.9 Å². The van der Waals surface area contributed by atoms with Crippen molar-refractivity contribution < 1.29 is 32.0 Å². The van der Waals surface area contributed by atoms with E-state index in [1.165, 1.54) is 0 Å². The van der Waals surface area contributed by atoms with Crippen LogP contribution in [0.15, 0.2) is 47.9 Å². The highest BCUT2D eigenvalue weighted by atomic mass is 28.4. The minimum atomic E-state index is -4.52. The van der Waals surface area contributed by atoms with Crippen LogP contribution < -0.4 is 15.4 Å². The average Bonchev–Trinajstić information content (AvgIpc) is 3.65. The molecule has 1 aliphatic rings. The van der Waals surface area contributed by atoms with Crippen molar-refractivity contribution in [1.82, 2.24) is 14.7 Å². The van der Waals surface area contributed by atoms with E-state index >= 15 is 0 Å². The van der Waals surface area contributed by atoms with Gasteiger partial charge in [-0.05, 0) is 69.1 Å². The number of aromatic nitrogens is 2. The number of pyridine rings is 1. The number of rotatable bonds is 12. The first kappa shape index (κ1) is 33.3. The second-order valence-corrected chi connectivity index (χ2v) is 17.6. The van der Waals surface area contributed by atoms with Crippen molar-refractivity contribution >= 4 is 31.4 Å². The second kappa shape index (κ2) is 13.2. The largest absolute Gasteiger partial charge is 0.491 e. The normalized spacial score (nSPS) is 14.7. The Bertz CT molecular complexity index is 1490. The van der Waals surface area contributed by atoms with Gasteiger partial charge in [0.2, 0.25) is 0 Å². The van der Waals surface area contributed by atoms with E-state index in [-0.39, 0.29) is 16.8 Å². The fraction of sp³-hybridized carbons (Fsp3) is 0.516. The molecule has 9 nitrogen and oxygen atoms in total. The maximum atomic E-state index is 12.6. The number of hydrogen-bond acceptors (Lipinski definition) is 6. The fourth-order valence-electron chi connectivity index (χ4n) is 4.25. The van der Waals surface area contributed by atoms with E-state index in [1.54, 1.807) is 24.4 Å². The lowest BCUT2D eigenvalue weighted by molar-refractivity contribution is -0.122. The highest BCUT2D eigenvalue weighted by Crippen LogP contribution is 2.37. The lowest BCUT2D eigenvalue weighted by Crippen LogP contribution is -2.41. The zero-order valence-electron chi connectivity index (χ0n) is 26.3. The van der Waals surface area contributed by atoms with Gasteiger partial charge in [0.25, 0.3) is 0 Å². The Kier molecular flexibility index (Phi) is 9.98. The number of nitrogens with one attached hydrogen (secondary N) is 2. The van der Waals surface area contributed by atoms with Crippen LogP contribution in [0, 0.1) is 5.92 Å². The second-order valence-electron chi connectivity index (χ2n) is 12.8. The van der Waals surface area contributed by atoms with E-state index < -0.39 is 27.1 Å². The van der Waals surface area contributed by atoms with Gasteiger partial charge in [-0.3, -0.25) is 4.40 Å². The minimum absolute atomic E-state index is 0.125. The first-order chi connectivity index (χ1) is 20.5. The molecule has 0 unspecified atom stereocenters. The molecule has 3 aromatic rings. The molecule has 1 aromatic carbocycles. The third kappa shape index (κ3) is 8.97. The number of urea groups is 1. The molecule has 1 fully saturated rings. The number of nitrogens with zero attached hydrogens (tertiary/aromatic N) is 3. The number of imidazole rings is 1. The Morgan fingerprint density at radius 2 is 1.86 bits per heavy atom. The molecule has 1 saturated carbocycles. The highest BCUT2D eigenvalue weighted by molar-refractivity contribution is 6.74. The van der Waals surface area contributed by atoms with Crippen LogP contribution in [0.5, 0.6) is 5.75 Å². The lowest BCUT2D eigenvalue weighted by Gasteiger charge is -2.35. The molecule has 2 N–H and O–H groups in total. The first-order valence-electron chi connectivity index (χ1n) is 14.8. The number of anilines is 1. The number of carbonyl (C=O) groups excluding carboxylic acids is 1. The molecule has 2 aromatic heterocycles. The zero-order chi connectivity index (χ0) is 32.3. The molecule has 0 saturated heterocycles. The molecule has 2 amide bonds. The fourth-order valence-corrected chi connectivity index (χ4v) is 5.28. The van der Waals surface area contributed by atoms with Crippen LogP contribution in [-0.2, 0) is 9.26 Å². The standard InChI is InChI=1S/C31H42F3N5O4Si/c1-20(2)43-25-15-23(14-24(17-25)37-29(40)36-19-31(32,33)34)26-18-35-27-16-22(10-11-39(26)27)28(21-8-9-21)38-41-12-13-42-44(6,7)30(3,4)5/h10-11,14-18,20-21H,8-9,12-13,19H2,1-7H3,(H2,36,37,40)/b38-28+. The van der Waals surface area contributed by atoms with Gasteiger partial charge in [0.1, 0.15) is 24.5 Å². The molecule has 2 heterocycles. The molecule has 0 bridgehead atoms. The van der Waals surface area contributed by atoms with Gasteiger partial charge in [-0.1, -0.05) is 25.9 Å². The number of benzene rings is 1. The van der Waals surface area contributed by atoms with Crippen LogP contribution in [-0.4, -0.2) is 61.5 Å². The van der Waals surface area contributed by atoms with Crippen molar-refractivity contribution in [2.75, 3.05) is 25.1 Å². The van der Waals surface area contributed by atoms with E-state index in [9.17, 15) is 18.0 Å². The highest BCUT2D eigenvalue weighted by Gasteiger charge is 2.37. The average molecular weight is 634 g/mol. The predicted molar refractivity (Wildman–Crippen MR) is 168 cm³/mol. The van der Waals surface area contributed by atoms with Crippen LogP contribution in [0.3, 0.4) is 0 Å². The number of carbonyl (C=O) groups is 1. The summed E-state index contributed by atoms with van der Waals surface area (Å²) in [6, 6.07) is 7.96. The topological polar surface area (TPSA) is 98.5 Å². The van der Waals surface area contributed by atoms with Gasteiger partial charge in [-0.15, -0.1) is 0 Å². The molecule has 0 aliphatic heterocycles. The number of oxime groups is 1. The summed E-state index contributed by atoms with van der Waals surface area (Å²) in [6.07, 6.45) is 0.998. The van der Waals surface area contributed by atoms with Crippen LogP contribution in [0.4, 0.5) is 23.7 Å². The van der Waals surface area contributed by atoms with Gasteiger partial charge in [0, 0.05) is 35.0 Å². The molecule has 0 spiro atoms. The summed E-state index contributed by atoms with van der Waals surface area (Å²) < 4.78 is 51.6. The Balaban J connectivity index is 1.53. The summed E-state index contributed by atoms with van der Waals surface area (Å²) in [4.78, 5) is 22.5. The Morgan fingerprint density at radius 3 is 2.50 bits per heavy atom. The Hall–Kier alpha value is -3.58. The predicted octanol–water partition coefficient (Wildman–Crippen LogP) is 7.62. The van der Waals surface area contributed by atoms with Gasteiger partial charge in [0.15, 0.2) is 8.32 Å². The Labute approximate surface area is 257 Å². The minimum Gasteiger partial charge on any atom is -0.491 e. The van der Waals surface area contributed by atoms with Crippen LogP contribution in [0.2, 0.25) is 18.1 Å². The van der Waals surface area contributed by atoms with E-state index in [0.717, 1.165) is 24.1 Å². The number of alkyl halides is 3. The van der Waals surface area contributed by atoms with Gasteiger partial charge < -0.3 is 24.6 Å². The summed E-state index contributed by atoms with van der Waals surface area (Å²) in [5, 5.41) is 8.91. The third-order valence-electron chi connectivity index (χ3n) is 7.66. The molecule has 4 rings (SSSR count). The van der Waals surface area contributed by atoms with Crippen molar-refractivity contribution in [1.29, 1.82) is 0 Å². The number of ether oxygens (including phenoxy) is 1. The maximum Gasteiger partial charge on any atom is 0.405 e. The van der Waals surface area contributed by atoms with Gasteiger partial charge in [-0.2, -0.15) is 13.2 Å². The van der Waals surface area contributed by atoms with E-state index in [1.807, 2.05) is 41.9 Å². The van der Waals surface area contributed by atoms with Gasteiger partial charge in [0.05, 0.1) is 30.3 Å². The molecular formula is C31H42F3N5O4Si. The number of halogens is 3. The maximum absolute atomic E-state index is 12.6. The number of fused-ring (bicyclic) bond motifs is 1. The third-order valence-corrected chi connectivity index (χ3v) is 12.2. The molecule has 0 radical (unpaired) electrons. The van der Waals surface area contributed by atoms with Gasteiger partial charge >= 0.3 is 12.2 Å². The van der Waals surface area contributed by atoms with E-state index in [2.05, 4.69) is 49.3 Å². The van der Waals surface area contributed by atoms with Crippen LogP contribution in [0.25, 0.3) is 16.9 Å². The summed E-state index contributed by atoms with van der Waals surface area (Å²) in [6.45, 7) is 14.2. The first-order valence-corrected chi connectivity index (χ1v) is 17.7. The summed E-state index contributed by atoms with van der Waals surface area (Å²) >= 11 is 0. The number of amides is 2. The van der Waals surface area contributed by atoms with E-state index in [4.69, 9.17) is 14.0 Å². The van der Waals surface area contributed by atoms with Crippen molar-refractivity contribution in [2.24, 2.45) is 11.1 Å². The number of hydrogen-bond donors (Lipinski definition) is 2. The molecular weight excluding hydrogens is 591 g/mol.